The molecule has 5 atom stereocenters. The molecule has 0 saturated heterocycles. The molecule has 0 bridgehead atoms. The van der Waals surface area contributed by atoms with E-state index in [-0.39, 0.29) is 5.92 Å². The van der Waals surface area contributed by atoms with E-state index in [0.29, 0.717) is 0 Å². The Balaban J connectivity index is -0.000000133. The van der Waals surface area contributed by atoms with Gasteiger partial charge in [0.15, 0.2) is 0 Å². The SMILES string of the molecule is CC[C@H](C)[C@H](N)C(=O)O.C[C@H](N)C(=O)O.C[C@H](N)C(=O)O.C[C@H](N)C(=O)O. The maximum absolute atomic E-state index is 10.2. The molecule has 12 nitrogen and oxygen atoms in total. The molecule has 0 fully saturated rings. The molecule has 0 spiro atoms. The minimum atomic E-state index is -0.963. The van der Waals surface area contributed by atoms with Crippen molar-refractivity contribution in [2.45, 2.75) is 65.2 Å². The van der Waals surface area contributed by atoms with E-state index in [1.54, 1.807) is 0 Å². The third-order valence-electron chi connectivity index (χ3n) is 2.71. The van der Waals surface area contributed by atoms with E-state index in [2.05, 4.69) is 0 Å². The van der Waals surface area contributed by atoms with Gasteiger partial charge in [-0.15, -0.1) is 0 Å². The fourth-order valence-corrected chi connectivity index (χ4v) is 0.497. The molecule has 0 unspecified atom stereocenters. The van der Waals surface area contributed by atoms with E-state index in [0.717, 1.165) is 6.42 Å². The van der Waals surface area contributed by atoms with Crippen molar-refractivity contribution in [2.24, 2.45) is 28.9 Å². The third kappa shape index (κ3) is 28.8. The first-order chi connectivity index (χ1) is 12.0. The van der Waals surface area contributed by atoms with Gasteiger partial charge in [-0.2, -0.15) is 0 Å². The summed E-state index contributed by atoms with van der Waals surface area (Å²) >= 11 is 0. The molecule has 0 amide bonds. The smallest absolute Gasteiger partial charge is 0.320 e. The quantitative estimate of drug-likeness (QED) is 0.260. The normalized spacial score (nSPS) is 14.7. The Labute approximate surface area is 158 Å². The van der Waals surface area contributed by atoms with Crippen LogP contribution in [0.25, 0.3) is 0 Å². The second-order valence-electron chi connectivity index (χ2n) is 5.63. The van der Waals surface area contributed by atoms with Crippen molar-refractivity contribution in [3.8, 4) is 0 Å². The summed E-state index contributed by atoms with van der Waals surface area (Å²) in [6.07, 6.45) is 0.813. The summed E-state index contributed by atoms with van der Waals surface area (Å²) in [5.74, 6) is -3.73. The minimum absolute atomic E-state index is 0.0718. The van der Waals surface area contributed by atoms with Crippen LogP contribution < -0.4 is 22.9 Å². The molecule has 12 N–H and O–H groups in total. The largest absolute Gasteiger partial charge is 0.480 e. The number of carboxylic acid groups (broad SMARTS) is 4. The summed E-state index contributed by atoms with van der Waals surface area (Å²) in [4.78, 5) is 38.9. The maximum atomic E-state index is 10.2. The summed E-state index contributed by atoms with van der Waals surface area (Å²) < 4.78 is 0. The van der Waals surface area contributed by atoms with Gasteiger partial charge in [0.05, 0.1) is 0 Å². The lowest BCUT2D eigenvalue weighted by molar-refractivity contribution is -0.140. The zero-order valence-electron chi connectivity index (χ0n) is 16.3. The molecule has 0 saturated carbocycles. The Morgan fingerprint density at radius 3 is 0.852 bits per heavy atom. The van der Waals surface area contributed by atoms with Crippen LogP contribution >= 0.6 is 0 Å². The molecule has 0 aliphatic carbocycles. The van der Waals surface area contributed by atoms with Gasteiger partial charge in [-0.25, -0.2) is 0 Å². The number of carbonyl (C=O) groups is 4. The highest BCUT2D eigenvalue weighted by atomic mass is 16.4. The number of aliphatic carboxylic acids is 4. The molecule has 0 rings (SSSR count). The summed E-state index contributed by atoms with van der Waals surface area (Å²) in [5.41, 5.74) is 19.8. The van der Waals surface area contributed by atoms with Crippen LogP contribution in [-0.2, 0) is 19.2 Å². The highest BCUT2D eigenvalue weighted by molar-refractivity contribution is 5.73. The van der Waals surface area contributed by atoms with Crippen molar-refractivity contribution in [3.63, 3.8) is 0 Å². The average Bonchev–Trinajstić information content (AvgIpc) is 2.54. The number of carboxylic acids is 4. The Bertz CT molecular complexity index is 399. The number of nitrogens with two attached hydrogens (primary N) is 4. The topological polar surface area (TPSA) is 253 Å². The molecule has 0 heterocycles. The predicted molar refractivity (Wildman–Crippen MR) is 98.9 cm³/mol. The maximum Gasteiger partial charge on any atom is 0.320 e. The zero-order valence-corrected chi connectivity index (χ0v) is 16.3. The van der Waals surface area contributed by atoms with Crippen molar-refractivity contribution in [3.05, 3.63) is 0 Å². The van der Waals surface area contributed by atoms with Crippen LogP contribution in [-0.4, -0.2) is 68.5 Å². The minimum Gasteiger partial charge on any atom is -0.480 e. The van der Waals surface area contributed by atoms with Crippen LogP contribution in [0.15, 0.2) is 0 Å². The lowest BCUT2D eigenvalue weighted by Crippen LogP contribution is -2.36. The van der Waals surface area contributed by atoms with Gasteiger partial charge in [-0.1, -0.05) is 20.3 Å². The Hall–Kier alpha value is -2.28. The zero-order chi connectivity index (χ0) is 22.9. The molecule has 0 aromatic heterocycles. The first kappa shape index (κ1) is 32.4. The fourth-order valence-electron chi connectivity index (χ4n) is 0.497. The van der Waals surface area contributed by atoms with Crippen molar-refractivity contribution in [1.29, 1.82) is 0 Å². The lowest BCUT2D eigenvalue weighted by Gasteiger charge is -2.11. The third-order valence-corrected chi connectivity index (χ3v) is 2.71. The van der Waals surface area contributed by atoms with Gasteiger partial charge in [0.25, 0.3) is 0 Å². The molecule has 0 aromatic carbocycles. The van der Waals surface area contributed by atoms with Gasteiger partial charge in [-0.3, -0.25) is 19.2 Å². The summed E-state index contributed by atoms with van der Waals surface area (Å²) in [6, 6.07) is -2.89. The van der Waals surface area contributed by atoms with Gasteiger partial charge in [0.2, 0.25) is 0 Å². The second kappa shape index (κ2) is 18.5. The van der Waals surface area contributed by atoms with Crippen LogP contribution in [0.4, 0.5) is 0 Å². The van der Waals surface area contributed by atoms with Crippen molar-refractivity contribution >= 4 is 23.9 Å². The van der Waals surface area contributed by atoms with Crippen LogP contribution in [0.3, 0.4) is 0 Å². The van der Waals surface area contributed by atoms with Gasteiger partial charge in [-0.05, 0) is 26.7 Å². The second-order valence-corrected chi connectivity index (χ2v) is 5.63. The van der Waals surface area contributed by atoms with Crippen LogP contribution in [0.1, 0.15) is 41.0 Å². The molecule has 27 heavy (non-hydrogen) atoms. The van der Waals surface area contributed by atoms with E-state index < -0.39 is 48.0 Å². The Kier molecular flexibility index (Phi) is 22.2. The fraction of sp³-hybridized carbons (Fsp3) is 0.733. The van der Waals surface area contributed by atoms with Crippen LogP contribution in [0, 0.1) is 5.92 Å². The summed E-state index contributed by atoms with van der Waals surface area (Å²) in [5, 5.41) is 32.0. The van der Waals surface area contributed by atoms with Crippen LogP contribution in [0.2, 0.25) is 0 Å². The van der Waals surface area contributed by atoms with E-state index in [1.807, 2.05) is 13.8 Å². The van der Waals surface area contributed by atoms with Crippen molar-refractivity contribution in [2.75, 3.05) is 0 Å². The average molecular weight is 398 g/mol. The van der Waals surface area contributed by atoms with Crippen molar-refractivity contribution < 1.29 is 39.6 Å². The number of hydrogen-bond acceptors (Lipinski definition) is 8. The molecule has 0 aliphatic heterocycles. The standard InChI is InChI=1S/C6H13NO2.3C3H7NO2/c1-3-4(2)5(7)6(8)9;3*1-2(4)3(5)6/h4-5H,3,7H2,1-2H3,(H,8,9);3*2H,4H2,1H3,(H,5,6)/t4-,5-;3*2-/m0000/s1. The summed E-state index contributed by atoms with van der Waals surface area (Å²) in [7, 11) is 0. The monoisotopic (exact) mass is 398 g/mol. The van der Waals surface area contributed by atoms with E-state index >= 15 is 0 Å². The van der Waals surface area contributed by atoms with Crippen molar-refractivity contribution in [1.82, 2.24) is 0 Å². The molecule has 12 heteroatoms. The lowest BCUT2D eigenvalue weighted by atomic mass is 10.0. The predicted octanol–water partition coefficient (Wildman–Crippen LogP) is -1.30. The molecule has 162 valence electrons. The van der Waals surface area contributed by atoms with E-state index in [9.17, 15) is 19.2 Å². The van der Waals surface area contributed by atoms with E-state index in [4.69, 9.17) is 43.4 Å². The molecule has 0 aliphatic rings. The number of hydrogen-bond donors (Lipinski definition) is 8. The first-order valence-corrected chi connectivity index (χ1v) is 7.96. The molecule has 0 aromatic rings. The van der Waals surface area contributed by atoms with E-state index in [1.165, 1.54) is 20.8 Å². The van der Waals surface area contributed by atoms with Gasteiger partial charge >= 0.3 is 23.9 Å². The highest BCUT2D eigenvalue weighted by Crippen LogP contribution is 2.04. The van der Waals surface area contributed by atoms with Crippen LogP contribution in [0.5, 0.6) is 0 Å². The van der Waals surface area contributed by atoms with Gasteiger partial charge < -0.3 is 43.4 Å². The number of rotatable bonds is 6. The molecular weight excluding hydrogens is 364 g/mol. The Morgan fingerprint density at radius 1 is 0.630 bits per heavy atom. The molecular formula is C15H34N4O8. The Morgan fingerprint density at radius 2 is 0.815 bits per heavy atom. The summed E-state index contributed by atoms with van der Waals surface area (Å²) in [6.45, 7) is 8.01. The van der Waals surface area contributed by atoms with Gasteiger partial charge in [0.1, 0.15) is 24.2 Å². The molecule has 0 radical (unpaired) electrons. The first-order valence-electron chi connectivity index (χ1n) is 7.96. The highest BCUT2D eigenvalue weighted by Gasteiger charge is 2.17. The van der Waals surface area contributed by atoms with Gasteiger partial charge in [0, 0.05) is 0 Å².